The summed E-state index contributed by atoms with van der Waals surface area (Å²) in [6, 6.07) is 17.7. The van der Waals surface area contributed by atoms with Crippen LogP contribution in [0.2, 0.25) is 0 Å². The summed E-state index contributed by atoms with van der Waals surface area (Å²) in [5, 5.41) is 4.30. The molecule has 4 nitrogen and oxygen atoms in total. The van der Waals surface area contributed by atoms with Crippen molar-refractivity contribution in [1.82, 2.24) is 14.8 Å². The molecule has 0 saturated heterocycles. The number of benzene rings is 2. The summed E-state index contributed by atoms with van der Waals surface area (Å²) in [6.45, 7) is 0. The van der Waals surface area contributed by atoms with E-state index >= 15 is 0 Å². The summed E-state index contributed by atoms with van der Waals surface area (Å²) < 4.78 is 7.16. The molecule has 3 rings (SSSR count). The number of hydrogen-bond donors (Lipinski definition) is 0. The molecule has 0 unspecified atom stereocenters. The van der Waals surface area contributed by atoms with Crippen LogP contribution in [0.3, 0.4) is 0 Å². The monoisotopic (exact) mass is 251 g/mol. The van der Waals surface area contributed by atoms with Gasteiger partial charge in [0.1, 0.15) is 17.8 Å². The minimum absolute atomic E-state index is 0.769. The van der Waals surface area contributed by atoms with Crippen molar-refractivity contribution in [2.45, 2.75) is 0 Å². The highest BCUT2D eigenvalue weighted by Crippen LogP contribution is 2.26. The lowest BCUT2D eigenvalue weighted by Gasteiger charge is -2.10. The fourth-order valence-electron chi connectivity index (χ4n) is 2.01. The second-order valence-electron chi connectivity index (χ2n) is 4.03. The molecule has 1 heterocycles. The van der Waals surface area contributed by atoms with Gasteiger partial charge in [-0.1, -0.05) is 42.5 Å². The Balaban J connectivity index is 2.15. The molecule has 0 bridgehead atoms. The van der Waals surface area contributed by atoms with Crippen LogP contribution in [0.15, 0.2) is 60.9 Å². The van der Waals surface area contributed by atoms with Gasteiger partial charge in [0, 0.05) is 5.56 Å². The first-order valence-corrected chi connectivity index (χ1v) is 5.99. The lowest BCUT2D eigenvalue weighted by atomic mass is 10.2. The van der Waals surface area contributed by atoms with Crippen LogP contribution in [0.5, 0.6) is 5.75 Å². The molecular weight excluding hydrogens is 238 g/mol. The van der Waals surface area contributed by atoms with Crippen LogP contribution in [0.25, 0.3) is 17.1 Å². The first-order valence-electron chi connectivity index (χ1n) is 5.99. The Morgan fingerprint density at radius 3 is 2.47 bits per heavy atom. The molecular formula is C15H13N3O. The van der Waals surface area contributed by atoms with E-state index in [0.29, 0.717) is 0 Å². The molecule has 0 fully saturated rings. The highest BCUT2D eigenvalue weighted by molar-refractivity contribution is 5.59. The first kappa shape index (κ1) is 11.5. The summed E-state index contributed by atoms with van der Waals surface area (Å²) in [5.74, 6) is 1.57. The van der Waals surface area contributed by atoms with Gasteiger partial charge in [0.05, 0.1) is 7.11 Å². The number of aromatic nitrogens is 3. The van der Waals surface area contributed by atoms with Gasteiger partial charge in [-0.3, -0.25) is 0 Å². The molecule has 94 valence electrons. The van der Waals surface area contributed by atoms with Gasteiger partial charge >= 0.3 is 0 Å². The average Bonchev–Trinajstić information content (AvgIpc) is 2.97. The van der Waals surface area contributed by atoms with Gasteiger partial charge in [0.25, 0.3) is 0 Å². The van der Waals surface area contributed by atoms with E-state index in [1.807, 2.05) is 54.6 Å². The van der Waals surface area contributed by atoms with Crippen LogP contribution < -0.4 is 4.74 Å². The Kier molecular flexibility index (Phi) is 2.98. The topological polar surface area (TPSA) is 39.9 Å². The predicted molar refractivity (Wildman–Crippen MR) is 73.3 cm³/mol. The fourth-order valence-corrected chi connectivity index (χ4v) is 2.01. The maximum absolute atomic E-state index is 5.37. The van der Waals surface area contributed by atoms with Gasteiger partial charge < -0.3 is 4.74 Å². The van der Waals surface area contributed by atoms with Crippen molar-refractivity contribution in [3.05, 3.63) is 60.9 Å². The van der Waals surface area contributed by atoms with Gasteiger partial charge in [-0.15, -0.1) is 0 Å². The molecule has 0 atom stereocenters. The van der Waals surface area contributed by atoms with Gasteiger partial charge in [-0.25, -0.2) is 9.67 Å². The standard InChI is InChI=1S/C15H13N3O/c1-19-14-10-6-5-9-13(14)18-15(16-11-17-18)12-7-3-2-4-8-12/h2-11H,1H3. The molecule has 0 saturated carbocycles. The molecule has 19 heavy (non-hydrogen) atoms. The Hall–Kier alpha value is -2.62. The molecule has 0 radical (unpaired) electrons. The summed E-state index contributed by atoms with van der Waals surface area (Å²) in [5.41, 5.74) is 1.90. The third-order valence-corrected chi connectivity index (χ3v) is 2.89. The minimum Gasteiger partial charge on any atom is -0.494 e. The van der Waals surface area contributed by atoms with Gasteiger partial charge in [0.15, 0.2) is 5.82 Å². The normalized spacial score (nSPS) is 10.4. The highest BCUT2D eigenvalue weighted by Gasteiger charge is 2.12. The molecule has 1 aromatic heterocycles. The molecule has 0 aliphatic rings. The van der Waals surface area contributed by atoms with Gasteiger partial charge in [0.2, 0.25) is 0 Å². The molecule has 0 aliphatic heterocycles. The lowest BCUT2D eigenvalue weighted by Crippen LogP contribution is -2.01. The van der Waals surface area contributed by atoms with Crippen LogP contribution in [0.1, 0.15) is 0 Å². The summed E-state index contributed by atoms with van der Waals surface area (Å²) in [6.07, 6.45) is 1.55. The zero-order valence-electron chi connectivity index (χ0n) is 10.5. The molecule has 3 aromatic rings. The Bertz CT molecular complexity index is 677. The number of rotatable bonds is 3. The molecule has 0 N–H and O–H groups in total. The van der Waals surface area contributed by atoms with Crippen molar-refractivity contribution in [1.29, 1.82) is 0 Å². The maximum atomic E-state index is 5.37. The zero-order chi connectivity index (χ0) is 13.1. The second kappa shape index (κ2) is 4.94. The first-order chi connectivity index (χ1) is 9.40. The van der Waals surface area contributed by atoms with Crippen molar-refractivity contribution in [3.63, 3.8) is 0 Å². The number of ether oxygens (including phenoxy) is 1. The fraction of sp³-hybridized carbons (Fsp3) is 0.0667. The Labute approximate surface area is 111 Å². The van der Waals surface area contributed by atoms with E-state index < -0.39 is 0 Å². The summed E-state index contributed by atoms with van der Waals surface area (Å²) >= 11 is 0. The van der Waals surface area contributed by atoms with E-state index in [1.54, 1.807) is 18.1 Å². The number of hydrogen-bond acceptors (Lipinski definition) is 3. The summed E-state index contributed by atoms with van der Waals surface area (Å²) in [4.78, 5) is 4.33. The number of methoxy groups -OCH3 is 1. The molecule has 0 amide bonds. The molecule has 0 spiro atoms. The van der Waals surface area contributed by atoms with Crippen LogP contribution in [-0.4, -0.2) is 21.9 Å². The van der Waals surface area contributed by atoms with Gasteiger partial charge in [-0.05, 0) is 12.1 Å². The minimum atomic E-state index is 0.769. The Morgan fingerprint density at radius 1 is 0.947 bits per heavy atom. The Morgan fingerprint density at radius 2 is 1.68 bits per heavy atom. The smallest absolute Gasteiger partial charge is 0.163 e. The van der Waals surface area contributed by atoms with Crippen molar-refractivity contribution in [2.75, 3.05) is 7.11 Å². The molecule has 4 heteroatoms. The average molecular weight is 251 g/mol. The molecule has 2 aromatic carbocycles. The van der Waals surface area contributed by atoms with Gasteiger partial charge in [-0.2, -0.15) is 5.10 Å². The van der Waals surface area contributed by atoms with Crippen LogP contribution >= 0.6 is 0 Å². The van der Waals surface area contributed by atoms with E-state index in [0.717, 1.165) is 22.8 Å². The van der Waals surface area contributed by atoms with Crippen molar-refractivity contribution in [2.24, 2.45) is 0 Å². The third-order valence-electron chi connectivity index (χ3n) is 2.89. The summed E-state index contributed by atoms with van der Waals surface area (Å²) in [7, 11) is 1.65. The van der Waals surface area contributed by atoms with Crippen LogP contribution in [0, 0.1) is 0 Å². The van der Waals surface area contributed by atoms with Crippen molar-refractivity contribution in [3.8, 4) is 22.8 Å². The van der Waals surface area contributed by atoms with Crippen molar-refractivity contribution < 1.29 is 4.74 Å². The van der Waals surface area contributed by atoms with E-state index in [9.17, 15) is 0 Å². The largest absolute Gasteiger partial charge is 0.494 e. The maximum Gasteiger partial charge on any atom is 0.163 e. The quantitative estimate of drug-likeness (QED) is 0.718. The SMILES string of the molecule is COc1ccccc1-n1ncnc1-c1ccccc1. The predicted octanol–water partition coefficient (Wildman–Crippen LogP) is 2.94. The number of para-hydroxylation sites is 2. The number of nitrogens with zero attached hydrogens (tertiary/aromatic N) is 3. The van der Waals surface area contributed by atoms with Crippen molar-refractivity contribution >= 4 is 0 Å². The van der Waals surface area contributed by atoms with Crippen LogP contribution in [-0.2, 0) is 0 Å². The highest BCUT2D eigenvalue weighted by atomic mass is 16.5. The lowest BCUT2D eigenvalue weighted by molar-refractivity contribution is 0.412. The zero-order valence-corrected chi connectivity index (χ0v) is 10.5. The van der Waals surface area contributed by atoms with E-state index in [4.69, 9.17) is 4.74 Å². The van der Waals surface area contributed by atoms with Crippen LogP contribution in [0.4, 0.5) is 0 Å². The molecule has 0 aliphatic carbocycles. The third kappa shape index (κ3) is 2.08. The second-order valence-corrected chi connectivity index (χ2v) is 4.03. The van der Waals surface area contributed by atoms with E-state index in [-0.39, 0.29) is 0 Å². The van der Waals surface area contributed by atoms with E-state index in [2.05, 4.69) is 10.1 Å². The van der Waals surface area contributed by atoms with E-state index in [1.165, 1.54) is 0 Å².